The Morgan fingerprint density at radius 2 is 1.23 bits per heavy atom. The van der Waals surface area contributed by atoms with Crippen LogP contribution in [0.25, 0.3) is 60.3 Å². The van der Waals surface area contributed by atoms with Crippen LogP contribution in [0.15, 0.2) is 84.9 Å². The third-order valence-electron chi connectivity index (χ3n) is 7.91. The number of nitrogens with zero attached hydrogens (tertiary/aromatic N) is 2. The number of aryl methyl sites for hydroxylation is 2. The van der Waals surface area contributed by atoms with E-state index in [-0.39, 0.29) is 5.41 Å². The lowest BCUT2D eigenvalue weighted by molar-refractivity contribution is -0.632. The summed E-state index contributed by atoms with van der Waals surface area (Å²) in [7, 11) is 2.24. The van der Waals surface area contributed by atoms with Crippen LogP contribution < -0.4 is 4.57 Å². The minimum absolute atomic E-state index is 0.0458. The van der Waals surface area contributed by atoms with Crippen molar-refractivity contribution in [2.24, 2.45) is 7.05 Å². The third kappa shape index (κ3) is 2.63. The summed E-state index contributed by atoms with van der Waals surface area (Å²) in [5, 5.41) is 6.64. The van der Waals surface area contributed by atoms with Crippen LogP contribution in [0.2, 0.25) is 0 Å². The highest BCUT2D eigenvalue weighted by atomic mass is 15.0. The maximum absolute atomic E-state index is 2.45. The first-order valence-corrected chi connectivity index (χ1v) is 12.5. The smallest absolute Gasteiger partial charge is 0.239 e. The number of pyridine rings is 1. The summed E-state index contributed by atoms with van der Waals surface area (Å²) in [5.74, 6) is 0. The maximum Gasteiger partial charge on any atom is 0.239 e. The Balaban J connectivity index is 1.71. The molecule has 0 aliphatic rings. The van der Waals surface area contributed by atoms with Gasteiger partial charge in [0.25, 0.3) is 0 Å². The van der Waals surface area contributed by atoms with Crippen LogP contribution in [0.4, 0.5) is 0 Å². The van der Waals surface area contributed by atoms with Crippen molar-refractivity contribution in [2.45, 2.75) is 33.1 Å². The molecule has 0 saturated carbocycles. The molecular formula is C33H29N2+. The first-order valence-electron chi connectivity index (χ1n) is 12.5. The highest BCUT2D eigenvalue weighted by Gasteiger charge is 2.29. The largest absolute Gasteiger partial charge is 0.303 e. The van der Waals surface area contributed by atoms with E-state index < -0.39 is 0 Å². The number of aromatic nitrogens is 2. The SMILES string of the molecule is Cc1c(-c2cc3c4ccccc4n4c5ccccc5c(c34)[n+]2C)cc(C(C)(C)C)c2ccccc12. The van der Waals surface area contributed by atoms with Crippen molar-refractivity contribution in [2.75, 3.05) is 0 Å². The van der Waals surface area contributed by atoms with Crippen LogP contribution in [0, 0.1) is 6.92 Å². The summed E-state index contributed by atoms with van der Waals surface area (Å²) >= 11 is 0. The van der Waals surface area contributed by atoms with Gasteiger partial charge in [-0.05, 0) is 58.5 Å². The Bertz CT molecular complexity index is 1950. The minimum atomic E-state index is 0.0458. The molecule has 0 aliphatic carbocycles. The summed E-state index contributed by atoms with van der Waals surface area (Å²) < 4.78 is 4.88. The van der Waals surface area contributed by atoms with Crippen molar-refractivity contribution in [3.8, 4) is 11.3 Å². The molecule has 2 heteroatoms. The number of fused-ring (bicyclic) bond motifs is 7. The van der Waals surface area contributed by atoms with E-state index >= 15 is 0 Å². The van der Waals surface area contributed by atoms with Crippen molar-refractivity contribution in [1.82, 2.24) is 4.40 Å². The van der Waals surface area contributed by atoms with E-state index in [2.05, 4.69) is 129 Å². The van der Waals surface area contributed by atoms with Gasteiger partial charge in [0.1, 0.15) is 12.6 Å². The summed E-state index contributed by atoms with van der Waals surface area (Å²) in [6.45, 7) is 9.24. The molecule has 2 nitrogen and oxygen atoms in total. The maximum atomic E-state index is 2.45. The van der Waals surface area contributed by atoms with Gasteiger partial charge < -0.3 is 4.40 Å². The summed E-state index contributed by atoms with van der Waals surface area (Å²) in [5.41, 5.74) is 10.5. The number of rotatable bonds is 1. The lowest BCUT2D eigenvalue weighted by atomic mass is 9.80. The van der Waals surface area contributed by atoms with Crippen molar-refractivity contribution in [3.63, 3.8) is 0 Å². The average Bonchev–Trinajstić information content (AvgIpc) is 3.36. The monoisotopic (exact) mass is 453 g/mol. The Kier molecular flexibility index (Phi) is 3.99. The molecule has 0 amide bonds. The number of hydrogen-bond donors (Lipinski definition) is 0. The first-order chi connectivity index (χ1) is 16.9. The molecule has 4 aromatic carbocycles. The molecule has 7 rings (SSSR count). The van der Waals surface area contributed by atoms with Crippen LogP contribution in [0.3, 0.4) is 0 Å². The zero-order valence-corrected chi connectivity index (χ0v) is 21.0. The lowest BCUT2D eigenvalue weighted by Gasteiger charge is -2.24. The number of benzene rings is 4. The van der Waals surface area contributed by atoms with Gasteiger partial charge in [-0.1, -0.05) is 75.4 Å². The molecular weight excluding hydrogens is 424 g/mol. The van der Waals surface area contributed by atoms with Gasteiger partial charge in [-0.2, -0.15) is 4.57 Å². The van der Waals surface area contributed by atoms with Crippen molar-refractivity contribution in [1.29, 1.82) is 0 Å². The van der Waals surface area contributed by atoms with Crippen molar-refractivity contribution in [3.05, 3.63) is 96.1 Å². The highest BCUT2D eigenvalue weighted by Crippen LogP contribution is 2.41. The second kappa shape index (κ2) is 6.82. The molecule has 0 N–H and O–H groups in total. The van der Waals surface area contributed by atoms with Gasteiger partial charge in [0, 0.05) is 16.8 Å². The molecule has 0 radical (unpaired) electrons. The van der Waals surface area contributed by atoms with Crippen LogP contribution in [-0.4, -0.2) is 4.40 Å². The zero-order valence-electron chi connectivity index (χ0n) is 21.0. The molecule has 0 saturated heterocycles. The summed E-state index contributed by atoms with van der Waals surface area (Å²) in [4.78, 5) is 0. The van der Waals surface area contributed by atoms with E-state index in [9.17, 15) is 0 Å². The molecule has 0 spiro atoms. The van der Waals surface area contributed by atoms with Gasteiger partial charge in [0.2, 0.25) is 11.2 Å². The quantitative estimate of drug-likeness (QED) is 0.222. The predicted molar refractivity (Wildman–Crippen MR) is 149 cm³/mol. The minimum Gasteiger partial charge on any atom is -0.303 e. The second-order valence-corrected chi connectivity index (χ2v) is 11.0. The van der Waals surface area contributed by atoms with Crippen LogP contribution in [0.5, 0.6) is 0 Å². The van der Waals surface area contributed by atoms with Crippen molar-refractivity contribution >= 4 is 49.0 Å². The van der Waals surface area contributed by atoms with E-state index in [0.717, 1.165) is 0 Å². The lowest BCUT2D eigenvalue weighted by Crippen LogP contribution is -2.32. The summed E-state index contributed by atoms with van der Waals surface area (Å²) in [6, 6.07) is 31.4. The fraction of sp³-hybridized carbons (Fsp3) is 0.182. The topological polar surface area (TPSA) is 8.29 Å². The molecule has 0 fully saturated rings. The van der Waals surface area contributed by atoms with Crippen LogP contribution >= 0.6 is 0 Å². The standard InChI is InChI=1S/C33H29N2/c1-20-21-12-6-7-13-22(21)27(33(2,3)4)18-25(20)30-19-26-23-14-8-10-16-28(23)35-29-17-11-9-15-24(29)31(32(26)35)34(30)5/h6-19H,1-5H3/q+1. The normalized spacial score (nSPS) is 12.7. The Morgan fingerprint density at radius 3 is 1.91 bits per heavy atom. The van der Waals surface area contributed by atoms with Crippen molar-refractivity contribution < 1.29 is 4.57 Å². The van der Waals surface area contributed by atoms with Gasteiger partial charge in [0.05, 0.1) is 22.0 Å². The van der Waals surface area contributed by atoms with Gasteiger partial charge in [-0.3, -0.25) is 0 Å². The van der Waals surface area contributed by atoms with Gasteiger partial charge >= 0.3 is 0 Å². The second-order valence-electron chi connectivity index (χ2n) is 11.0. The Hall–Kier alpha value is -3.91. The van der Waals surface area contributed by atoms with Gasteiger partial charge in [-0.25, -0.2) is 0 Å². The molecule has 170 valence electrons. The molecule has 3 heterocycles. The van der Waals surface area contributed by atoms with E-state index in [4.69, 9.17) is 0 Å². The van der Waals surface area contributed by atoms with Gasteiger partial charge in [-0.15, -0.1) is 0 Å². The van der Waals surface area contributed by atoms with Crippen LogP contribution in [0.1, 0.15) is 31.9 Å². The van der Waals surface area contributed by atoms with Gasteiger partial charge in [0.15, 0.2) is 0 Å². The molecule has 0 unspecified atom stereocenters. The van der Waals surface area contributed by atoms with E-state index in [1.54, 1.807) is 0 Å². The molecule has 3 aromatic heterocycles. The summed E-state index contributed by atoms with van der Waals surface area (Å²) in [6.07, 6.45) is 0. The first kappa shape index (κ1) is 20.5. The van der Waals surface area contributed by atoms with Crippen LogP contribution in [-0.2, 0) is 12.5 Å². The Morgan fingerprint density at radius 1 is 0.657 bits per heavy atom. The predicted octanol–water partition coefficient (Wildman–Crippen LogP) is 8.09. The fourth-order valence-corrected chi connectivity index (χ4v) is 6.25. The number of para-hydroxylation sites is 2. The molecule has 35 heavy (non-hydrogen) atoms. The molecule has 0 bridgehead atoms. The number of hydrogen-bond acceptors (Lipinski definition) is 0. The Labute approximate surface area is 205 Å². The fourth-order valence-electron chi connectivity index (χ4n) is 6.25. The molecule has 0 aliphatic heterocycles. The highest BCUT2D eigenvalue weighted by molar-refractivity contribution is 6.21. The third-order valence-corrected chi connectivity index (χ3v) is 7.91. The molecule has 7 aromatic rings. The van der Waals surface area contributed by atoms with E-state index in [1.165, 1.54) is 71.4 Å². The van der Waals surface area contributed by atoms with E-state index in [1.807, 2.05) is 0 Å². The average molecular weight is 454 g/mol. The van der Waals surface area contributed by atoms with E-state index in [0.29, 0.717) is 0 Å². The zero-order chi connectivity index (χ0) is 24.1. The molecule has 0 atom stereocenters.